The molecule has 7 heteroatoms. The Bertz CT molecular complexity index is 470. The molecular weight excluding hydrogens is 272 g/mol. The number of methoxy groups -OCH3 is 1. The van der Waals surface area contributed by atoms with Crippen molar-refractivity contribution in [3.8, 4) is 0 Å². The van der Waals surface area contributed by atoms with Crippen LogP contribution in [0, 0.1) is 0 Å². The number of sulfonamides is 1. The normalized spacial score (nSPS) is 14.1. The third kappa shape index (κ3) is 3.30. The summed E-state index contributed by atoms with van der Waals surface area (Å²) in [6, 6.07) is 3.19. The second-order valence-corrected chi connectivity index (χ2v) is 7.22. The van der Waals surface area contributed by atoms with E-state index in [-0.39, 0.29) is 6.04 Å². The van der Waals surface area contributed by atoms with E-state index in [1.165, 1.54) is 15.6 Å². The van der Waals surface area contributed by atoms with Crippen LogP contribution in [0.4, 0.5) is 0 Å². The van der Waals surface area contributed by atoms with Crippen LogP contribution in [-0.4, -0.2) is 39.0 Å². The Labute approximate surface area is 113 Å². The molecule has 0 aromatic carbocycles. The fourth-order valence-corrected chi connectivity index (χ4v) is 4.75. The first kappa shape index (κ1) is 15.6. The minimum absolute atomic E-state index is 0.187. The number of thiophene rings is 1. The molecule has 1 aromatic heterocycles. The Morgan fingerprint density at radius 1 is 1.50 bits per heavy atom. The number of ether oxygens (including phenoxy) is 1. The highest BCUT2D eigenvalue weighted by molar-refractivity contribution is 7.91. The molecule has 5 nitrogen and oxygen atoms in total. The molecule has 18 heavy (non-hydrogen) atoms. The van der Waals surface area contributed by atoms with Gasteiger partial charge in [0, 0.05) is 31.1 Å². The molecule has 0 aliphatic heterocycles. The van der Waals surface area contributed by atoms with Crippen LogP contribution in [0.15, 0.2) is 16.3 Å². The summed E-state index contributed by atoms with van der Waals surface area (Å²) in [4.78, 5) is 0.865. The predicted molar refractivity (Wildman–Crippen MR) is 73.1 cm³/mol. The lowest BCUT2D eigenvalue weighted by Gasteiger charge is -2.25. The van der Waals surface area contributed by atoms with E-state index in [2.05, 4.69) is 0 Å². The zero-order valence-corrected chi connectivity index (χ0v) is 12.6. The van der Waals surface area contributed by atoms with Crippen molar-refractivity contribution >= 4 is 21.4 Å². The predicted octanol–water partition coefficient (Wildman–Crippen LogP) is 1.25. The summed E-state index contributed by atoms with van der Waals surface area (Å²) in [5.41, 5.74) is 5.50. The minimum atomic E-state index is -3.45. The number of nitrogens with zero attached hydrogens (tertiary/aromatic N) is 1. The van der Waals surface area contributed by atoms with Gasteiger partial charge in [0.1, 0.15) is 4.21 Å². The lowest BCUT2D eigenvalue weighted by atomic mass is 10.4. The van der Waals surface area contributed by atoms with Crippen LogP contribution in [-0.2, 0) is 21.3 Å². The monoisotopic (exact) mass is 292 g/mol. The SMILES string of the molecule is CCN(C(C)COC)S(=O)(=O)c1ccc(CN)s1. The quantitative estimate of drug-likeness (QED) is 0.821. The molecule has 2 N–H and O–H groups in total. The molecule has 0 saturated heterocycles. The van der Waals surface area contributed by atoms with Crippen LogP contribution in [0.25, 0.3) is 0 Å². The zero-order valence-electron chi connectivity index (χ0n) is 10.9. The molecule has 1 atom stereocenters. The fraction of sp³-hybridized carbons (Fsp3) is 0.636. The van der Waals surface area contributed by atoms with Gasteiger partial charge in [-0.1, -0.05) is 6.92 Å². The van der Waals surface area contributed by atoms with Gasteiger partial charge in [-0.15, -0.1) is 11.3 Å². The number of nitrogens with two attached hydrogens (primary N) is 1. The molecule has 0 amide bonds. The summed E-state index contributed by atoms with van der Waals surface area (Å²) >= 11 is 1.22. The average Bonchev–Trinajstić information content (AvgIpc) is 2.79. The molecule has 1 rings (SSSR count). The van der Waals surface area contributed by atoms with E-state index >= 15 is 0 Å². The Morgan fingerprint density at radius 3 is 2.61 bits per heavy atom. The maximum atomic E-state index is 12.4. The van der Waals surface area contributed by atoms with Crippen molar-refractivity contribution < 1.29 is 13.2 Å². The molecule has 0 saturated carbocycles. The van der Waals surface area contributed by atoms with Crippen molar-refractivity contribution in [2.75, 3.05) is 20.3 Å². The van der Waals surface area contributed by atoms with E-state index in [9.17, 15) is 8.42 Å². The molecule has 1 heterocycles. The van der Waals surface area contributed by atoms with Crippen molar-refractivity contribution in [3.63, 3.8) is 0 Å². The number of likely N-dealkylation sites (N-methyl/N-ethyl adjacent to an activating group) is 1. The van der Waals surface area contributed by atoms with Gasteiger partial charge in [0.15, 0.2) is 0 Å². The van der Waals surface area contributed by atoms with Gasteiger partial charge in [0.2, 0.25) is 0 Å². The third-order valence-electron chi connectivity index (χ3n) is 2.61. The molecule has 0 radical (unpaired) electrons. The van der Waals surface area contributed by atoms with Crippen molar-refractivity contribution in [3.05, 3.63) is 17.0 Å². The Kier molecular flexibility index (Phi) is 5.74. The van der Waals surface area contributed by atoms with E-state index in [1.54, 1.807) is 19.2 Å². The summed E-state index contributed by atoms with van der Waals surface area (Å²) in [6.07, 6.45) is 0. The molecule has 0 spiro atoms. The van der Waals surface area contributed by atoms with Crippen molar-refractivity contribution in [2.24, 2.45) is 5.73 Å². The first-order valence-electron chi connectivity index (χ1n) is 5.76. The lowest BCUT2D eigenvalue weighted by Crippen LogP contribution is -2.40. The van der Waals surface area contributed by atoms with E-state index < -0.39 is 10.0 Å². The molecule has 1 aromatic rings. The van der Waals surface area contributed by atoms with Gasteiger partial charge in [-0.05, 0) is 19.1 Å². The van der Waals surface area contributed by atoms with Crippen molar-refractivity contribution in [1.29, 1.82) is 0 Å². The standard InChI is InChI=1S/C11H20N2O3S2/c1-4-13(9(2)8-16-3)18(14,15)11-6-5-10(7-12)17-11/h5-6,9H,4,7-8,12H2,1-3H3. The third-order valence-corrected chi connectivity index (χ3v) is 6.28. The topological polar surface area (TPSA) is 72.6 Å². The Morgan fingerprint density at radius 2 is 2.17 bits per heavy atom. The molecule has 0 aliphatic rings. The molecule has 0 bridgehead atoms. The van der Waals surface area contributed by atoms with E-state index in [1.807, 2.05) is 13.8 Å². The summed E-state index contributed by atoms with van der Waals surface area (Å²) < 4.78 is 31.7. The zero-order chi connectivity index (χ0) is 13.8. The molecule has 1 unspecified atom stereocenters. The molecule has 104 valence electrons. The van der Waals surface area contributed by atoms with Crippen LogP contribution in [0.1, 0.15) is 18.7 Å². The van der Waals surface area contributed by atoms with Gasteiger partial charge >= 0.3 is 0 Å². The summed E-state index contributed by atoms with van der Waals surface area (Å²) in [5, 5.41) is 0. The lowest BCUT2D eigenvalue weighted by molar-refractivity contribution is 0.143. The van der Waals surface area contributed by atoms with Gasteiger partial charge in [-0.2, -0.15) is 4.31 Å². The van der Waals surface area contributed by atoms with E-state index in [4.69, 9.17) is 10.5 Å². The first-order chi connectivity index (χ1) is 8.47. The fourth-order valence-electron chi connectivity index (χ4n) is 1.77. The molecule has 0 fully saturated rings. The van der Waals surface area contributed by atoms with Gasteiger partial charge in [0.25, 0.3) is 10.0 Å². The number of rotatable bonds is 7. The summed E-state index contributed by atoms with van der Waals surface area (Å²) in [7, 11) is -1.88. The van der Waals surface area contributed by atoms with Crippen LogP contribution in [0.3, 0.4) is 0 Å². The molecule has 0 aliphatic carbocycles. The maximum Gasteiger partial charge on any atom is 0.252 e. The second kappa shape index (κ2) is 6.63. The number of hydrogen-bond acceptors (Lipinski definition) is 5. The van der Waals surface area contributed by atoms with Gasteiger partial charge in [0.05, 0.1) is 6.61 Å². The average molecular weight is 292 g/mol. The van der Waals surface area contributed by atoms with Crippen molar-refractivity contribution in [1.82, 2.24) is 4.31 Å². The number of hydrogen-bond donors (Lipinski definition) is 1. The van der Waals surface area contributed by atoms with Crippen LogP contribution >= 0.6 is 11.3 Å². The summed E-state index contributed by atoms with van der Waals surface area (Å²) in [6.45, 7) is 4.81. The Balaban J connectivity index is 3.02. The van der Waals surface area contributed by atoms with Crippen LogP contribution in [0.2, 0.25) is 0 Å². The smallest absolute Gasteiger partial charge is 0.252 e. The summed E-state index contributed by atoms with van der Waals surface area (Å²) in [5.74, 6) is 0. The molecular formula is C11H20N2O3S2. The second-order valence-electron chi connectivity index (χ2n) is 3.94. The van der Waals surface area contributed by atoms with E-state index in [0.717, 1.165) is 4.88 Å². The highest BCUT2D eigenvalue weighted by atomic mass is 32.2. The Hall–Kier alpha value is -0.470. The van der Waals surface area contributed by atoms with Gasteiger partial charge in [-0.3, -0.25) is 0 Å². The van der Waals surface area contributed by atoms with E-state index in [0.29, 0.717) is 23.9 Å². The van der Waals surface area contributed by atoms with Gasteiger partial charge in [-0.25, -0.2) is 8.42 Å². The minimum Gasteiger partial charge on any atom is -0.383 e. The first-order valence-corrected chi connectivity index (χ1v) is 8.02. The largest absolute Gasteiger partial charge is 0.383 e. The van der Waals surface area contributed by atoms with Gasteiger partial charge < -0.3 is 10.5 Å². The highest BCUT2D eigenvalue weighted by Crippen LogP contribution is 2.25. The highest BCUT2D eigenvalue weighted by Gasteiger charge is 2.28. The van der Waals surface area contributed by atoms with Crippen LogP contribution < -0.4 is 5.73 Å². The maximum absolute atomic E-state index is 12.4. The van der Waals surface area contributed by atoms with Crippen molar-refractivity contribution in [2.45, 2.75) is 30.6 Å². The van der Waals surface area contributed by atoms with Crippen LogP contribution in [0.5, 0.6) is 0 Å².